The van der Waals surface area contributed by atoms with E-state index in [1.165, 1.54) is 17.0 Å². The minimum atomic E-state index is -4.08. The Morgan fingerprint density at radius 2 is 1.66 bits per heavy atom. The Hall–Kier alpha value is -3.17. The summed E-state index contributed by atoms with van der Waals surface area (Å²) < 4.78 is 29.2. The number of aryl methyl sites for hydroxylation is 1. The van der Waals surface area contributed by atoms with Crippen molar-refractivity contribution in [1.82, 2.24) is 10.2 Å². The highest BCUT2D eigenvalue weighted by molar-refractivity contribution is 9.10. The third kappa shape index (κ3) is 7.68. The number of hydrogen-bond acceptors (Lipinski definition) is 4. The van der Waals surface area contributed by atoms with Crippen molar-refractivity contribution < 1.29 is 18.0 Å². The average Bonchev–Trinajstić information content (AvgIpc) is 2.91. The van der Waals surface area contributed by atoms with Crippen molar-refractivity contribution >= 4 is 43.5 Å². The van der Waals surface area contributed by atoms with Gasteiger partial charge in [-0.1, -0.05) is 83.4 Å². The van der Waals surface area contributed by atoms with Gasteiger partial charge in [0.2, 0.25) is 11.8 Å². The molecular weight excluding hydrogens is 566 g/mol. The molecule has 3 rings (SSSR count). The first-order chi connectivity index (χ1) is 18.1. The fourth-order valence-electron chi connectivity index (χ4n) is 3.89. The second-order valence-corrected chi connectivity index (χ2v) is 11.9. The van der Waals surface area contributed by atoms with Crippen LogP contribution in [0.25, 0.3) is 0 Å². The van der Waals surface area contributed by atoms with Gasteiger partial charge in [-0.15, -0.1) is 0 Å². The van der Waals surface area contributed by atoms with E-state index in [2.05, 4.69) is 21.2 Å². The number of carbonyl (C=O) groups is 2. The van der Waals surface area contributed by atoms with E-state index in [1.54, 1.807) is 49.4 Å². The molecule has 0 fully saturated rings. The summed E-state index contributed by atoms with van der Waals surface area (Å²) >= 11 is 3.40. The highest BCUT2D eigenvalue weighted by Crippen LogP contribution is 2.27. The molecule has 0 saturated carbocycles. The van der Waals surface area contributed by atoms with E-state index in [9.17, 15) is 18.0 Å². The molecule has 3 aromatic rings. The van der Waals surface area contributed by atoms with Crippen LogP contribution in [0.5, 0.6) is 0 Å². The third-order valence-corrected chi connectivity index (χ3v) is 8.46. The van der Waals surface area contributed by atoms with Crippen LogP contribution >= 0.6 is 15.9 Å². The number of carbonyl (C=O) groups excluding carboxylic acids is 2. The van der Waals surface area contributed by atoms with Crippen LogP contribution in [0, 0.1) is 6.92 Å². The SMILES string of the molecule is CCCCNC(=O)C(C)N(Cc1ccc(C)cc1)C(=O)CN(c1cccc(Br)c1)S(=O)(=O)c1ccccc1. The van der Waals surface area contributed by atoms with Gasteiger partial charge in [-0.05, 0) is 56.2 Å². The smallest absolute Gasteiger partial charge is 0.264 e. The zero-order chi connectivity index (χ0) is 27.7. The molecule has 0 aromatic heterocycles. The highest BCUT2D eigenvalue weighted by atomic mass is 79.9. The van der Waals surface area contributed by atoms with Gasteiger partial charge in [0.1, 0.15) is 12.6 Å². The van der Waals surface area contributed by atoms with Crippen molar-refractivity contribution in [3.63, 3.8) is 0 Å². The van der Waals surface area contributed by atoms with Crippen molar-refractivity contribution in [1.29, 1.82) is 0 Å². The summed E-state index contributed by atoms with van der Waals surface area (Å²) in [4.78, 5) is 28.4. The lowest BCUT2D eigenvalue weighted by molar-refractivity contribution is -0.139. The van der Waals surface area contributed by atoms with E-state index < -0.39 is 28.5 Å². The first-order valence-corrected chi connectivity index (χ1v) is 14.8. The molecule has 0 radical (unpaired) electrons. The molecule has 9 heteroatoms. The largest absolute Gasteiger partial charge is 0.354 e. The van der Waals surface area contributed by atoms with E-state index >= 15 is 0 Å². The molecule has 202 valence electrons. The quantitative estimate of drug-likeness (QED) is 0.287. The normalized spacial score (nSPS) is 12.0. The van der Waals surface area contributed by atoms with Crippen molar-refractivity contribution in [2.45, 2.75) is 51.1 Å². The predicted molar refractivity (Wildman–Crippen MR) is 154 cm³/mol. The molecule has 0 heterocycles. The van der Waals surface area contributed by atoms with Crippen molar-refractivity contribution in [3.05, 3.63) is 94.5 Å². The van der Waals surface area contributed by atoms with Gasteiger partial charge >= 0.3 is 0 Å². The zero-order valence-electron chi connectivity index (χ0n) is 21.9. The Kier molecular flexibility index (Phi) is 10.5. The van der Waals surface area contributed by atoms with Crippen molar-refractivity contribution in [3.8, 4) is 0 Å². The molecular formula is C29H34BrN3O4S. The lowest BCUT2D eigenvalue weighted by atomic mass is 10.1. The third-order valence-electron chi connectivity index (χ3n) is 6.18. The standard InChI is InChI=1S/C29H34BrN3O4S/c1-4-5-18-31-29(35)23(3)32(20-24-16-14-22(2)15-17-24)28(34)21-33(26-11-9-10-25(30)19-26)38(36,37)27-12-7-6-8-13-27/h6-17,19,23H,4-5,18,20-21H2,1-3H3,(H,31,35). The molecule has 0 saturated heterocycles. The van der Waals surface area contributed by atoms with Crippen molar-refractivity contribution in [2.75, 3.05) is 17.4 Å². The average molecular weight is 601 g/mol. The number of sulfonamides is 1. The molecule has 7 nitrogen and oxygen atoms in total. The van der Waals surface area contributed by atoms with Crippen LogP contribution in [-0.2, 0) is 26.2 Å². The van der Waals surface area contributed by atoms with Gasteiger partial charge in [0, 0.05) is 17.6 Å². The molecule has 0 bridgehead atoms. The molecule has 1 atom stereocenters. The second kappa shape index (κ2) is 13.6. The summed E-state index contributed by atoms with van der Waals surface area (Å²) in [7, 11) is -4.08. The predicted octanol–water partition coefficient (Wildman–Crippen LogP) is 5.29. The molecule has 0 spiro atoms. The van der Waals surface area contributed by atoms with Gasteiger partial charge in [-0.2, -0.15) is 0 Å². The number of benzene rings is 3. The zero-order valence-corrected chi connectivity index (χ0v) is 24.3. The van der Waals surface area contributed by atoms with E-state index in [0.29, 0.717) is 16.7 Å². The summed E-state index contributed by atoms with van der Waals surface area (Å²) in [6.45, 7) is 5.89. The topological polar surface area (TPSA) is 86.8 Å². The number of nitrogens with zero attached hydrogens (tertiary/aromatic N) is 2. The number of anilines is 1. The minimum absolute atomic E-state index is 0.0724. The first-order valence-electron chi connectivity index (χ1n) is 12.6. The molecule has 1 unspecified atom stereocenters. The maximum absolute atomic E-state index is 13.9. The van der Waals surface area contributed by atoms with Crippen LogP contribution in [0.1, 0.15) is 37.8 Å². The number of halogens is 1. The Bertz CT molecular complexity index is 1330. The molecule has 1 N–H and O–H groups in total. The van der Waals surface area contributed by atoms with Crippen LogP contribution in [-0.4, -0.2) is 44.3 Å². The minimum Gasteiger partial charge on any atom is -0.354 e. The van der Waals surface area contributed by atoms with Gasteiger partial charge < -0.3 is 10.2 Å². The Morgan fingerprint density at radius 3 is 2.29 bits per heavy atom. The lowest BCUT2D eigenvalue weighted by Gasteiger charge is -2.32. The van der Waals surface area contributed by atoms with Crippen LogP contribution < -0.4 is 9.62 Å². The number of nitrogens with one attached hydrogen (secondary N) is 1. The molecule has 0 aliphatic rings. The van der Waals surface area contributed by atoms with E-state index in [-0.39, 0.29) is 17.3 Å². The van der Waals surface area contributed by atoms with Gasteiger partial charge in [0.05, 0.1) is 10.6 Å². The Morgan fingerprint density at radius 1 is 0.974 bits per heavy atom. The molecule has 2 amide bonds. The van der Waals surface area contributed by atoms with Gasteiger partial charge in [-0.25, -0.2) is 8.42 Å². The lowest BCUT2D eigenvalue weighted by Crippen LogP contribution is -2.51. The molecule has 0 aliphatic heterocycles. The fourth-order valence-corrected chi connectivity index (χ4v) is 5.70. The second-order valence-electron chi connectivity index (χ2n) is 9.13. The number of hydrogen-bond donors (Lipinski definition) is 1. The monoisotopic (exact) mass is 599 g/mol. The fraction of sp³-hybridized carbons (Fsp3) is 0.310. The van der Waals surface area contributed by atoms with Crippen LogP contribution in [0.2, 0.25) is 0 Å². The Labute approximate surface area is 234 Å². The van der Waals surface area contributed by atoms with Crippen LogP contribution in [0.4, 0.5) is 5.69 Å². The van der Waals surface area contributed by atoms with E-state index in [1.807, 2.05) is 38.1 Å². The number of unbranched alkanes of at least 4 members (excludes halogenated alkanes) is 1. The van der Waals surface area contributed by atoms with Gasteiger partial charge in [0.25, 0.3) is 10.0 Å². The summed E-state index contributed by atoms with van der Waals surface area (Å²) in [6.07, 6.45) is 1.76. The van der Waals surface area contributed by atoms with Gasteiger partial charge in [-0.3, -0.25) is 13.9 Å². The number of amides is 2. The van der Waals surface area contributed by atoms with E-state index in [4.69, 9.17) is 0 Å². The van der Waals surface area contributed by atoms with E-state index in [0.717, 1.165) is 28.3 Å². The molecule has 38 heavy (non-hydrogen) atoms. The van der Waals surface area contributed by atoms with Crippen molar-refractivity contribution in [2.24, 2.45) is 0 Å². The summed E-state index contributed by atoms with van der Waals surface area (Å²) in [5, 5.41) is 2.89. The first kappa shape index (κ1) is 29.4. The maximum atomic E-state index is 13.9. The summed E-state index contributed by atoms with van der Waals surface area (Å²) in [5.41, 5.74) is 2.26. The van der Waals surface area contributed by atoms with Crippen LogP contribution in [0.15, 0.2) is 88.2 Å². The van der Waals surface area contributed by atoms with Crippen LogP contribution in [0.3, 0.4) is 0 Å². The maximum Gasteiger partial charge on any atom is 0.264 e. The summed E-state index contributed by atoms with van der Waals surface area (Å²) in [5.74, 6) is -0.762. The molecule has 0 aliphatic carbocycles. The number of rotatable bonds is 12. The summed E-state index contributed by atoms with van der Waals surface area (Å²) in [6, 6.07) is 21.7. The van der Waals surface area contributed by atoms with Gasteiger partial charge in [0.15, 0.2) is 0 Å². The highest BCUT2D eigenvalue weighted by Gasteiger charge is 2.32. The molecule has 3 aromatic carbocycles. The Balaban J connectivity index is 1.98.